The maximum Gasteiger partial charge on any atom is 0.287 e. The summed E-state index contributed by atoms with van der Waals surface area (Å²) in [5, 5.41) is 4.40. The molecule has 3 aromatic rings. The first kappa shape index (κ1) is 22.6. The minimum atomic E-state index is -0.251. The van der Waals surface area contributed by atoms with E-state index in [0.29, 0.717) is 35.6 Å². The summed E-state index contributed by atoms with van der Waals surface area (Å²) >= 11 is 6.07. The zero-order valence-electron chi connectivity index (χ0n) is 18.5. The van der Waals surface area contributed by atoms with Crippen molar-refractivity contribution in [3.8, 4) is 5.75 Å². The van der Waals surface area contributed by atoms with Gasteiger partial charge < -0.3 is 19.2 Å². The second-order valence-electron chi connectivity index (χ2n) is 8.20. The van der Waals surface area contributed by atoms with Gasteiger partial charge in [-0.15, -0.1) is 0 Å². The Morgan fingerprint density at radius 2 is 2.03 bits per heavy atom. The van der Waals surface area contributed by atoms with Gasteiger partial charge in [0.1, 0.15) is 17.9 Å². The van der Waals surface area contributed by atoms with Gasteiger partial charge in [0.2, 0.25) is 0 Å². The van der Waals surface area contributed by atoms with Gasteiger partial charge in [-0.1, -0.05) is 23.7 Å². The van der Waals surface area contributed by atoms with Crippen LogP contribution in [-0.2, 0) is 11.3 Å². The smallest absolute Gasteiger partial charge is 0.287 e. The van der Waals surface area contributed by atoms with Crippen LogP contribution in [0.4, 0.5) is 0 Å². The number of nitrogens with zero attached hydrogens (tertiary/aromatic N) is 1. The van der Waals surface area contributed by atoms with Crippen LogP contribution in [-0.4, -0.2) is 50.3 Å². The van der Waals surface area contributed by atoms with Crippen molar-refractivity contribution in [2.75, 3.05) is 33.4 Å². The van der Waals surface area contributed by atoms with Gasteiger partial charge in [0.15, 0.2) is 5.76 Å². The Morgan fingerprint density at radius 3 is 2.84 bits per heavy atom. The minimum absolute atomic E-state index is 0.251. The van der Waals surface area contributed by atoms with Gasteiger partial charge in [-0.3, -0.25) is 9.69 Å². The predicted molar refractivity (Wildman–Crippen MR) is 126 cm³/mol. The fourth-order valence-corrected chi connectivity index (χ4v) is 4.21. The molecule has 1 fully saturated rings. The molecule has 0 bridgehead atoms. The number of rotatable bonds is 8. The molecule has 0 atom stereocenters. The van der Waals surface area contributed by atoms with Crippen LogP contribution in [0.15, 0.2) is 46.9 Å². The van der Waals surface area contributed by atoms with E-state index in [1.54, 1.807) is 12.1 Å². The number of carbonyl (C=O) groups excluding carboxylic acids is 1. The lowest BCUT2D eigenvalue weighted by Crippen LogP contribution is -2.38. The monoisotopic (exact) mass is 456 g/mol. The number of amides is 1. The third kappa shape index (κ3) is 5.44. The molecule has 0 radical (unpaired) electrons. The van der Waals surface area contributed by atoms with Gasteiger partial charge in [-0.25, -0.2) is 0 Å². The lowest BCUT2D eigenvalue weighted by Gasteiger charge is -2.31. The molecule has 0 unspecified atom stereocenters. The Hall–Kier alpha value is -2.54. The van der Waals surface area contributed by atoms with Gasteiger partial charge in [-0.2, -0.15) is 0 Å². The molecule has 170 valence electrons. The summed E-state index contributed by atoms with van der Waals surface area (Å²) in [6, 6.07) is 13.7. The van der Waals surface area contributed by atoms with E-state index >= 15 is 0 Å². The lowest BCUT2D eigenvalue weighted by atomic mass is 10.1. The van der Waals surface area contributed by atoms with Crippen molar-refractivity contribution in [3.63, 3.8) is 0 Å². The maximum atomic E-state index is 12.7. The quantitative estimate of drug-likeness (QED) is 0.526. The van der Waals surface area contributed by atoms with E-state index in [-0.39, 0.29) is 5.91 Å². The zero-order valence-corrected chi connectivity index (χ0v) is 19.3. The Kier molecular flexibility index (Phi) is 7.35. The van der Waals surface area contributed by atoms with Gasteiger partial charge in [0.05, 0.1) is 0 Å². The first-order valence-corrected chi connectivity index (χ1v) is 11.4. The molecule has 32 heavy (non-hydrogen) atoms. The van der Waals surface area contributed by atoms with Crippen LogP contribution >= 0.6 is 11.6 Å². The van der Waals surface area contributed by atoms with Crippen LogP contribution in [0.3, 0.4) is 0 Å². The molecule has 2 heterocycles. The van der Waals surface area contributed by atoms with Crippen molar-refractivity contribution in [3.05, 3.63) is 64.4 Å². The summed E-state index contributed by atoms with van der Waals surface area (Å²) in [5.41, 5.74) is 2.40. The van der Waals surface area contributed by atoms with E-state index < -0.39 is 0 Å². The largest absolute Gasteiger partial charge is 0.492 e. The van der Waals surface area contributed by atoms with Crippen LogP contribution in [0.1, 0.15) is 34.5 Å². The first-order chi connectivity index (χ1) is 15.5. The number of hydrogen-bond donors (Lipinski definition) is 1. The average Bonchev–Trinajstić information content (AvgIpc) is 3.14. The number of aryl methyl sites for hydroxylation is 1. The number of likely N-dealkylation sites (N-methyl/N-ethyl adjacent to an activating group) is 1. The van der Waals surface area contributed by atoms with Crippen LogP contribution in [0.2, 0.25) is 5.02 Å². The van der Waals surface area contributed by atoms with E-state index in [1.807, 2.05) is 37.3 Å². The average molecular weight is 457 g/mol. The molecule has 1 aliphatic rings. The third-order valence-corrected chi connectivity index (χ3v) is 6.22. The van der Waals surface area contributed by atoms with E-state index in [2.05, 4.69) is 17.3 Å². The molecule has 1 saturated heterocycles. The van der Waals surface area contributed by atoms with Crippen LogP contribution in [0.5, 0.6) is 5.75 Å². The normalized spacial score (nSPS) is 14.8. The van der Waals surface area contributed by atoms with Gasteiger partial charge in [0.25, 0.3) is 5.91 Å². The molecule has 0 saturated carbocycles. The number of furan rings is 1. The van der Waals surface area contributed by atoms with Crippen molar-refractivity contribution in [2.45, 2.75) is 32.4 Å². The first-order valence-electron chi connectivity index (χ1n) is 11.0. The summed E-state index contributed by atoms with van der Waals surface area (Å²) < 4.78 is 17.1. The molecule has 0 spiro atoms. The Morgan fingerprint density at radius 1 is 1.22 bits per heavy atom. The highest BCUT2D eigenvalue weighted by molar-refractivity contribution is 6.31. The van der Waals surface area contributed by atoms with Crippen molar-refractivity contribution in [1.82, 2.24) is 10.2 Å². The lowest BCUT2D eigenvalue weighted by molar-refractivity contribution is 0.0392. The summed E-state index contributed by atoms with van der Waals surface area (Å²) in [6.07, 6.45) is 2.15. The highest BCUT2D eigenvalue weighted by atomic mass is 35.5. The van der Waals surface area contributed by atoms with Crippen LogP contribution < -0.4 is 10.1 Å². The zero-order chi connectivity index (χ0) is 22.5. The summed E-state index contributed by atoms with van der Waals surface area (Å²) in [6.45, 7) is 5.40. The summed E-state index contributed by atoms with van der Waals surface area (Å²) in [5.74, 6) is 0.858. The molecular weight excluding hydrogens is 428 g/mol. The minimum Gasteiger partial charge on any atom is -0.492 e. The van der Waals surface area contributed by atoms with E-state index in [4.69, 9.17) is 25.5 Å². The second-order valence-corrected chi connectivity index (χ2v) is 8.64. The number of hydrogen-bond acceptors (Lipinski definition) is 5. The Labute approximate surface area is 193 Å². The standard InChI is InChI=1S/C25H29ClN2O4/c1-17-22-15-19(26)6-7-23(22)32-24(17)25(29)27-16-18-4-3-5-21(14-18)31-13-10-28(2)20-8-11-30-12-9-20/h3-7,14-15,20H,8-13,16H2,1-2H3,(H,27,29). The van der Waals surface area contributed by atoms with Crippen molar-refractivity contribution >= 4 is 28.5 Å². The second kappa shape index (κ2) is 10.4. The molecule has 1 aliphatic heterocycles. The maximum absolute atomic E-state index is 12.7. The molecule has 2 aromatic carbocycles. The number of halogens is 1. The Bertz CT molecular complexity index is 1070. The van der Waals surface area contributed by atoms with E-state index in [0.717, 1.165) is 54.9 Å². The number of benzene rings is 2. The molecular formula is C25H29ClN2O4. The van der Waals surface area contributed by atoms with Crippen molar-refractivity contribution in [2.24, 2.45) is 0 Å². The van der Waals surface area contributed by atoms with Gasteiger partial charge in [0, 0.05) is 48.3 Å². The summed E-state index contributed by atoms with van der Waals surface area (Å²) in [4.78, 5) is 15.0. The topological polar surface area (TPSA) is 63.9 Å². The number of nitrogens with one attached hydrogen (secondary N) is 1. The van der Waals surface area contributed by atoms with Gasteiger partial charge in [-0.05, 0) is 62.7 Å². The van der Waals surface area contributed by atoms with Crippen LogP contribution in [0, 0.1) is 6.92 Å². The molecule has 0 aliphatic carbocycles. The molecule has 1 aromatic heterocycles. The third-order valence-electron chi connectivity index (χ3n) is 5.98. The summed E-state index contributed by atoms with van der Waals surface area (Å²) in [7, 11) is 2.14. The van der Waals surface area contributed by atoms with E-state index in [9.17, 15) is 4.79 Å². The highest BCUT2D eigenvalue weighted by Crippen LogP contribution is 2.28. The van der Waals surface area contributed by atoms with Crippen molar-refractivity contribution in [1.29, 1.82) is 0 Å². The van der Waals surface area contributed by atoms with Crippen molar-refractivity contribution < 1.29 is 18.7 Å². The fraction of sp³-hybridized carbons (Fsp3) is 0.400. The molecule has 1 N–H and O–H groups in total. The van der Waals surface area contributed by atoms with Crippen LogP contribution in [0.25, 0.3) is 11.0 Å². The molecule has 6 nitrogen and oxygen atoms in total. The molecule has 7 heteroatoms. The number of fused-ring (bicyclic) bond motifs is 1. The molecule has 4 rings (SSSR count). The predicted octanol–water partition coefficient (Wildman–Crippen LogP) is 4.81. The Balaban J connectivity index is 1.30. The number of carbonyl (C=O) groups is 1. The van der Waals surface area contributed by atoms with Gasteiger partial charge >= 0.3 is 0 Å². The van der Waals surface area contributed by atoms with E-state index in [1.165, 1.54) is 0 Å². The number of ether oxygens (including phenoxy) is 2. The fourth-order valence-electron chi connectivity index (χ4n) is 4.03. The molecule has 1 amide bonds. The highest BCUT2D eigenvalue weighted by Gasteiger charge is 2.19. The SMILES string of the molecule is Cc1c(C(=O)NCc2cccc(OCCN(C)C3CCOCC3)c2)oc2ccc(Cl)cc12.